The number of aromatic nitrogens is 4. The summed E-state index contributed by atoms with van der Waals surface area (Å²) in [5.74, 6) is 2.43. The van der Waals surface area contributed by atoms with Crippen LogP contribution >= 0.6 is 0 Å². The number of nitrogens with zero attached hydrogens (tertiary/aromatic N) is 4. The molecule has 2 N–H and O–H groups in total. The Morgan fingerprint density at radius 3 is 2.79 bits per heavy atom. The second kappa shape index (κ2) is 8.98. The zero-order valence-electron chi connectivity index (χ0n) is 16.8. The predicted octanol–water partition coefficient (Wildman–Crippen LogP) is 1.84. The van der Waals surface area contributed by atoms with Crippen LogP contribution in [0.15, 0.2) is 24.3 Å². The van der Waals surface area contributed by atoms with Crippen LogP contribution in [0, 0.1) is 0 Å². The fourth-order valence-electron chi connectivity index (χ4n) is 3.37. The van der Waals surface area contributed by atoms with E-state index in [0.29, 0.717) is 36.2 Å². The SMILES string of the molecule is CCS(=O)Cc1cc(N2CCOCC2)nc(-c2ccc3[nH]c(CNC)cc3n2)n1. The highest BCUT2D eigenvalue weighted by Gasteiger charge is 2.17. The number of ether oxygens (including phenoxy) is 1. The van der Waals surface area contributed by atoms with E-state index in [1.54, 1.807) is 0 Å². The Labute approximate surface area is 172 Å². The molecule has 0 amide bonds. The van der Waals surface area contributed by atoms with Crippen LogP contribution in [0.5, 0.6) is 0 Å². The Balaban J connectivity index is 1.73. The molecular weight excluding hydrogens is 388 g/mol. The highest BCUT2D eigenvalue weighted by molar-refractivity contribution is 7.84. The van der Waals surface area contributed by atoms with Crippen LogP contribution in [-0.4, -0.2) is 63.2 Å². The maximum atomic E-state index is 12.1. The molecule has 0 aromatic carbocycles. The summed E-state index contributed by atoms with van der Waals surface area (Å²) in [7, 11) is 0.971. The molecule has 1 aliphatic rings. The number of rotatable bonds is 7. The lowest BCUT2D eigenvalue weighted by Gasteiger charge is -2.28. The standard InChI is InChI=1S/C20H26N6O2S/c1-3-29(27)13-15-11-19(26-6-8-28-9-7-26)25-20(23-15)17-5-4-16-18(24-17)10-14(22-16)12-21-2/h4-5,10-11,21-22H,3,6-9,12-13H2,1-2H3. The van der Waals surface area contributed by atoms with Crippen molar-refractivity contribution in [2.45, 2.75) is 19.2 Å². The minimum atomic E-state index is -0.943. The molecule has 29 heavy (non-hydrogen) atoms. The van der Waals surface area contributed by atoms with Gasteiger partial charge in [0, 0.05) is 47.9 Å². The van der Waals surface area contributed by atoms with Gasteiger partial charge in [-0.05, 0) is 25.2 Å². The van der Waals surface area contributed by atoms with Crippen LogP contribution in [0.4, 0.5) is 5.82 Å². The molecule has 8 nitrogen and oxygen atoms in total. The van der Waals surface area contributed by atoms with Crippen LogP contribution in [0.1, 0.15) is 18.3 Å². The number of hydrogen-bond donors (Lipinski definition) is 2. The van der Waals surface area contributed by atoms with E-state index in [4.69, 9.17) is 14.7 Å². The second-order valence-electron chi connectivity index (χ2n) is 6.97. The van der Waals surface area contributed by atoms with Crippen molar-refractivity contribution in [3.05, 3.63) is 35.7 Å². The molecule has 0 aliphatic carbocycles. The molecule has 1 saturated heterocycles. The van der Waals surface area contributed by atoms with E-state index in [2.05, 4.69) is 20.2 Å². The minimum Gasteiger partial charge on any atom is -0.378 e. The first-order valence-corrected chi connectivity index (χ1v) is 11.3. The van der Waals surface area contributed by atoms with Gasteiger partial charge in [-0.25, -0.2) is 15.0 Å². The third-order valence-electron chi connectivity index (χ3n) is 4.86. The lowest BCUT2D eigenvalue weighted by Crippen LogP contribution is -2.37. The van der Waals surface area contributed by atoms with E-state index in [1.165, 1.54) is 0 Å². The van der Waals surface area contributed by atoms with Crippen LogP contribution in [0.3, 0.4) is 0 Å². The smallest absolute Gasteiger partial charge is 0.180 e. The maximum Gasteiger partial charge on any atom is 0.180 e. The molecule has 0 spiro atoms. The summed E-state index contributed by atoms with van der Waals surface area (Å²) in [6.45, 7) is 5.59. The molecule has 9 heteroatoms. The van der Waals surface area contributed by atoms with Crippen LogP contribution in [0.25, 0.3) is 22.6 Å². The molecule has 3 aromatic rings. The van der Waals surface area contributed by atoms with Crippen molar-refractivity contribution in [1.82, 2.24) is 25.3 Å². The summed E-state index contributed by atoms with van der Waals surface area (Å²) in [5.41, 5.74) is 4.44. The normalized spacial score (nSPS) is 15.7. The van der Waals surface area contributed by atoms with E-state index < -0.39 is 10.8 Å². The van der Waals surface area contributed by atoms with Gasteiger partial charge in [-0.15, -0.1) is 0 Å². The van der Waals surface area contributed by atoms with Gasteiger partial charge in [0.15, 0.2) is 5.82 Å². The van der Waals surface area contributed by atoms with Gasteiger partial charge >= 0.3 is 0 Å². The average Bonchev–Trinajstić information content (AvgIpc) is 3.16. The average molecular weight is 415 g/mol. The van der Waals surface area contributed by atoms with E-state index in [1.807, 2.05) is 38.2 Å². The summed E-state index contributed by atoms with van der Waals surface area (Å²) in [6, 6.07) is 7.92. The van der Waals surface area contributed by atoms with Crippen molar-refractivity contribution in [3.63, 3.8) is 0 Å². The van der Waals surface area contributed by atoms with Gasteiger partial charge in [0.2, 0.25) is 0 Å². The number of hydrogen-bond acceptors (Lipinski definition) is 7. The number of pyridine rings is 1. The Hall–Kier alpha value is -2.36. The Kier molecular flexibility index (Phi) is 6.17. The fraction of sp³-hybridized carbons (Fsp3) is 0.450. The largest absolute Gasteiger partial charge is 0.378 e. The summed E-state index contributed by atoms with van der Waals surface area (Å²) >= 11 is 0. The number of anilines is 1. The monoisotopic (exact) mass is 414 g/mol. The minimum absolute atomic E-state index is 0.419. The zero-order chi connectivity index (χ0) is 20.2. The number of morpholine rings is 1. The van der Waals surface area contributed by atoms with Gasteiger partial charge in [0.05, 0.1) is 35.7 Å². The van der Waals surface area contributed by atoms with Crippen molar-refractivity contribution in [1.29, 1.82) is 0 Å². The quantitative estimate of drug-likeness (QED) is 0.609. The van der Waals surface area contributed by atoms with Crippen LogP contribution in [-0.2, 0) is 27.8 Å². The third-order valence-corrected chi connectivity index (χ3v) is 6.12. The van der Waals surface area contributed by atoms with E-state index in [0.717, 1.165) is 47.9 Å². The second-order valence-corrected chi connectivity index (χ2v) is 8.71. The molecule has 0 bridgehead atoms. The van der Waals surface area contributed by atoms with Crippen LogP contribution < -0.4 is 10.2 Å². The zero-order valence-corrected chi connectivity index (χ0v) is 17.6. The highest BCUT2D eigenvalue weighted by Crippen LogP contribution is 2.23. The van der Waals surface area contributed by atoms with Gasteiger partial charge in [-0.3, -0.25) is 4.21 Å². The van der Waals surface area contributed by atoms with E-state index >= 15 is 0 Å². The predicted molar refractivity (Wildman–Crippen MR) is 115 cm³/mol. The van der Waals surface area contributed by atoms with Gasteiger partial charge in [-0.2, -0.15) is 0 Å². The Bertz CT molecular complexity index is 1020. The molecule has 1 fully saturated rings. The Morgan fingerprint density at radius 1 is 1.21 bits per heavy atom. The summed E-state index contributed by atoms with van der Waals surface area (Å²) in [4.78, 5) is 19.8. The highest BCUT2D eigenvalue weighted by atomic mass is 32.2. The van der Waals surface area contributed by atoms with Crippen molar-refractivity contribution in [3.8, 4) is 11.5 Å². The fourth-order valence-corrected chi connectivity index (χ4v) is 4.05. The molecule has 4 rings (SSSR count). The first kappa shape index (κ1) is 19.9. The number of fused-ring (bicyclic) bond motifs is 1. The van der Waals surface area contributed by atoms with Crippen molar-refractivity contribution in [2.24, 2.45) is 0 Å². The molecule has 1 unspecified atom stereocenters. The molecule has 3 aromatic heterocycles. The lowest BCUT2D eigenvalue weighted by atomic mass is 10.2. The summed E-state index contributed by atoms with van der Waals surface area (Å²) in [6.07, 6.45) is 0. The number of aromatic amines is 1. The number of nitrogens with one attached hydrogen (secondary N) is 2. The first-order chi connectivity index (χ1) is 14.2. The Morgan fingerprint density at radius 2 is 2.03 bits per heavy atom. The van der Waals surface area contributed by atoms with Gasteiger partial charge in [0.25, 0.3) is 0 Å². The third kappa shape index (κ3) is 4.63. The van der Waals surface area contributed by atoms with Crippen molar-refractivity contribution < 1.29 is 8.95 Å². The maximum absolute atomic E-state index is 12.1. The van der Waals surface area contributed by atoms with E-state index in [-0.39, 0.29) is 0 Å². The van der Waals surface area contributed by atoms with Gasteiger partial charge in [-0.1, -0.05) is 6.92 Å². The summed E-state index contributed by atoms with van der Waals surface area (Å²) < 4.78 is 17.6. The lowest BCUT2D eigenvalue weighted by molar-refractivity contribution is 0.122. The molecular formula is C20H26N6O2S. The molecule has 0 saturated carbocycles. The summed E-state index contributed by atoms with van der Waals surface area (Å²) in [5, 5.41) is 3.14. The van der Waals surface area contributed by atoms with Crippen molar-refractivity contribution >= 4 is 27.7 Å². The molecule has 1 atom stereocenters. The van der Waals surface area contributed by atoms with Gasteiger partial charge in [0.1, 0.15) is 11.5 Å². The van der Waals surface area contributed by atoms with Crippen LogP contribution in [0.2, 0.25) is 0 Å². The molecule has 0 radical (unpaired) electrons. The van der Waals surface area contributed by atoms with Gasteiger partial charge < -0.3 is 19.9 Å². The molecule has 4 heterocycles. The topological polar surface area (TPSA) is 96.0 Å². The first-order valence-electron chi connectivity index (χ1n) is 9.85. The number of H-pyrrole nitrogens is 1. The molecule has 1 aliphatic heterocycles. The van der Waals surface area contributed by atoms with E-state index in [9.17, 15) is 4.21 Å². The van der Waals surface area contributed by atoms with Crippen molar-refractivity contribution in [2.75, 3.05) is 44.0 Å². The molecule has 154 valence electrons.